The molecule has 24 heavy (non-hydrogen) atoms. The summed E-state index contributed by atoms with van der Waals surface area (Å²) in [4.78, 5) is 15.6. The summed E-state index contributed by atoms with van der Waals surface area (Å²) in [6.07, 6.45) is 1.57. The molecule has 0 atom stereocenters. The van der Waals surface area contributed by atoms with Crippen molar-refractivity contribution in [2.24, 2.45) is 4.99 Å². The molecule has 1 aromatic heterocycles. The molecule has 3 rings (SSSR count). The van der Waals surface area contributed by atoms with E-state index in [-0.39, 0.29) is 5.82 Å². The van der Waals surface area contributed by atoms with Crippen LogP contribution in [0.1, 0.15) is 16.1 Å². The summed E-state index contributed by atoms with van der Waals surface area (Å²) in [6.45, 7) is 0. The molecule has 0 radical (unpaired) electrons. The molecular formula is C19H14FNO3. The molecule has 0 bridgehead atoms. The van der Waals surface area contributed by atoms with Crippen molar-refractivity contribution in [1.82, 2.24) is 0 Å². The number of carbonyl (C=O) groups is 1. The second kappa shape index (κ2) is 6.91. The van der Waals surface area contributed by atoms with E-state index in [4.69, 9.17) is 4.42 Å². The molecule has 0 aliphatic carbocycles. The zero-order valence-electron chi connectivity index (χ0n) is 12.9. The third kappa shape index (κ3) is 3.57. The molecule has 120 valence electrons. The Bertz CT molecular complexity index is 882. The number of ether oxygens (including phenoxy) is 1. The predicted molar refractivity (Wildman–Crippen MR) is 89.1 cm³/mol. The standard InChI is InChI=1S/C19H14FNO3/c1-23-19(22)13-5-7-16(8-6-13)21-12-17-9-10-18(24-17)14-3-2-4-15(20)11-14/h2-12H,1H3. The highest BCUT2D eigenvalue weighted by Gasteiger charge is 2.05. The average Bonchev–Trinajstić information content (AvgIpc) is 3.09. The fraction of sp³-hybridized carbons (Fsp3) is 0.0526. The number of aliphatic imine (C=N–C) groups is 1. The lowest BCUT2D eigenvalue weighted by molar-refractivity contribution is 0.0601. The van der Waals surface area contributed by atoms with E-state index in [1.165, 1.54) is 19.2 Å². The first-order chi connectivity index (χ1) is 11.7. The van der Waals surface area contributed by atoms with Crippen LogP contribution in [0, 0.1) is 5.82 Å². The minimum Gasteiger partial charge on any atom is -0.465 e. The number of benzene rings is 2. The summed E-state index contributed by atoms with van der Waals surface area (Å²) in [5.74, 6) is 0.407. The molecule has 0 saturated carbocycles. The van der Waals surface area contributed by atoms with Crippen molar-refractivity contribution in [1.29, 1.82) is 0 Å². The lowest BCUT2D eigenvalue weighted by atomic mass is 10.2. The summed E-state index contributed by atoms with van der Waals surface area (Å²) in [7, 11) is 1.33. The maximum atomic E-state index is 13.2. The van der Waals surface area contributed by atoms with E-state index in [0.717, 1.165) is 0 Å². The number of hydrogen-bond donors (Lipinski definition) is 0. The first-order valence-corrected chi connectivity index (χ1v) is 7.24. The lowest BCUT2D eigenvalue weighted by Gasteiger charge is -1.99. The SMILES string of the molecule is COC(=O)c1ccc(N=Cc2ccc(-c3cccc(F)c3)o2)cc1. The van der Waals surface area contributed by atoms with Gasteiger partial charge in [0.25, 0.3) is 0 Å². The van der Waals surface area contributed by atoms with Gasteiger partial charge in [-0.05, 0) is 48.5 Å². The van der Waals surface area contributed by atoms with Gasteiger partial charge in [-0.1, -0.05) is 12.1 Å². The molecule has 5 heteroatoms. The van der Waals surface area contributed by atoms with Crippen molar-refractivity contribution in [3.8, 4) is 11.3 Å². The minimum absolute atomic E-state index is 0.315. The smallest absolute Gasteiger partial charge is 0.337 e. The number of rotatable bonds is 4. The van der Waals surface area contributed by atoms with Crippen molar-refractivity contribution >= 4 is 17.9 Å². The molecule has 0 spiro atoms. The van der Waals surface area contributed by atoms with Gasteiger partial charge >= 0.3 is 5.97 Å². The molecule has 0 amide bonds. The average molecular weight is 323 g/mol. The van der Waals surface area contributed by atoms with E-state index in [1.54, 1.807) is 54.7 Å². The molecule has 3 aromatic rings. The second-order valence-corrected chi connectivity index (χ2v) is 5.01. The zero-order valence-corrected chi connectivity index (χ0v) is 12.9. The number of furan rings is 1. The van der Waals surface area contributed by atoms with E-state index < -0.39 is 5.97 Å². The van der Waals surface area contributed by atoms with Crippen molar-refractivity contribution in [2.45, 2.75) is 0 Å². The van der Waals surface area contributed by atoms with Crippen LogP contribution in [-0.4, -0.2) is 19.3 Å². The normalized spacial score (nSPS) is 10.9. The molecular weight excluding hydrogens is 309 g/mol. The van der Waals surface area contributed by atoms with E-state index in [1.807, 2.05) is 0 Å². The Kier molecular flexibility index (Phi) is 4.52. The largest absolute Gasteiger partial charge is 0.465 e. The Balaban J connectivity index is 1.74. The summed E-state index contributed by atoms with van der Waals surface area (Å²) in [6, 6.07) is 16.4. The monoisotopic (exact) mass is 323 g/mol. The maximum absolute atomic E-state index is 13.2. The van der Waals surface area contributed by atoms with Crippen LogP contribution in [0.25, 0.3) is 11.3 Å². The fourth-order valence-corrected chi connectivity index (χ4v) is 2.16. The number of hydrogen-bond acceptors (Lipinski definition) is 4. The Morgan fingerprint density at radius 1 is 1.12 bits per heavy atom. The molecule has 4 nitrogen and oxygen atoms in total. The van der Waals surface area contributed by atoms with Gasteiger partial charge in [0, 0.05) is 5.56 Å². The van der Waals surface area contributed by atoms with Gasteiger partial charge in [0.05, 0.1) is 24.6 Å². The molecule has 2 aromatic carbocycles. The Labute approximate surface area is 138 Å². The third-order valence-corrected chi connectivity index (χ3v) is 3.37. The highest BCUT2D eigenvalue weighted by Crippen LogP contribution is 2.22. The van der Waals surface area contributed by atoms with Crippen LogP contribution in [0.2, 0.25) is 0 Å². The Hall–Kier alpha value is -3.21. The van der Waals surface area contributed by atoms with Crippen LogP contribution >= 0.6 is 0 Å². The van der Waals surface area contributed by atoms with Gasteiger partial charge in [-0.2, -0.15) is 0 Å². The molecule has 0 N–H and O–H groups in total. The molecule has 0 aliphatic heterocycles. The molecule has 0 saturated heterocycles. The molecule has 0 fully saturated rings. The summed E-state index contributed by atoms with van der Waals surface area (Å²) < 4.78 is 23.5. The number of methoxy groups -OCH3 is 1. The number of esters is 1. The van der Waals surface area contributed by atoms with Gasteiger partial charge in [0.15, 0.2) is 0 Å². The van der Waals surface area contributed by atoms with E-state index >= 15 is 0 Å². The number of carbonyl (C=O) groups excluding carboxylic acids is 1. The summed E-state index contributed by atoms with van der Waals surface area (Å²) >= 11 is 0. The van der Waals surface area contributed by atoms with Crippen LogP contribution in [0.5, 0.6) is 0 Å². The quantitative estimate of drug-likeness (QED) is 0.520. The number of halogens is 1. The topological polar surface area (TPSA) is 51.8 Å². The van der Waals surface area contributed by atoms with Crippen molar-refractivity contribution in [2.75, 3.05) is 7.11 Å². The first-order valence-electron chi connectivity index (χ1n) is 7.24. The lowest BCUT2D eigenvalue weighted by Crippen LogP contribution is -1.99. The van der Waals surface area contributed by atoms with Gasteiger partial charge in [-0.15, -0.1) is 0 Å². The van der Waals surface area contributed by atoms with Crippen LogP contribution in [0.3, 0.4) is 0 Å². The van der Waals surface area contributed by atoms with Gasteiger partial charge in [-0.3, -0.25) is 4.99 Å². The highest BCUT2D eigenvalue weighted by atomic mass is 19.1. The Morgan fingerprint density at radius 2 is 1.92 bits per heavy atom. The van der Waals surface area contributed by atoms with E-state index in [2.05, 4.69) is 9.73 Å². The minimum atomic E-state index is -0.392. The Morgan fingerprint density at radius 3 is 2.62 bits per heavy atom. The van der Waals surface area contributed by atoms with Crippen LogP contribution in [0.15, 0.2) is 70.1 Å². The predicted octanol–water partition coefficient (Wildman–Crippen LogP) is 4.62. The van der Waals surface area contributed by atoms with Crippen molar-refractivity contribution < 1.29 is 18.3 Å². The third-order valence-electron chi connectivity index (χ3n) is 3.37. The molecule has 0 aliphatic rings. The van der Waals surface area contributed by atoms with E-state index in [0.29, 0.717) is 28.3 Å². The first kappa shape index (κ1) is 15.7. The summed E-state index contributed by atoms with van der Waals surface area (Å²) in [5, 5.41) is 0. The van der Waals surface area contributed by atoms with Gasteiger partial charge in [0.2, 0.25) is 0 Å². The van der Waals surface area contributed by atoms with Gasteiger partial charge in [-0.25, -0.2) is 9.18 Å². The highest BCUT2D eigenvalue weighted by molar-refractivity contribution is 5.89. The van der Waals surface area contributed by atoms with Crippen molar-refractivity contribution in [3.63, 3.8) is 0 Å². The van der Waals surface area contributed by atoms with Gasteiger partial charge < -0.3 is 9.15 Å². The van der Waals surface area contributed by atoms with Crippen LogP contribution in [-0.2, 0) is 4.74 Å². The van der Waals surface area contributed by atoms with Crippen LogP contribution in [0.4, 0.5) is 10.1 Å². The fourth-order valence-electron chi connectivity index (χ4n) is 2.16. The summed E-state index contributed by atoms with van der Waals surface area (Å²) in [5.41, 5.74) is 1.80. The van der Waals surface area contributed by atoms with Gasteiger partial charge in [0.1, 0.15) is 17.3 Å². The van der Waals surface area contributed by atoms with Crippen molar-refractivity contribution in [3.05, 3.63) is 77.8 Å². The number of nitrogens with zero attached hydrogens (tertiary/aromatic N) is 1. The molecule has 0 unspecified atom stereocenters. The maximum Gasteiger partial charge on any atom is 0.337 e. The van der Waals surface area contributed by atoms with E-state index in [9.17, 15) is 9.18 Å². The molecule has 1 heterocycles. The van der Waals surface area contributed by atoms with Crippen LogP contribution < -0.4 is 0 Å². The second-order valence-electron chi connectivity index (χ2n) is 5.01. The zero-order chi connectivity index (χ0) is 16.9.